The second-order valence-electron chi connectivity index (χ2n) is 7.80. The summed E-state index contributed by atoms with van der Waals surface area (Å²) in [7, 11) is 3.80. The third-order valence-corrected chi connectivity index (χ3v) is 6.65. The number of guanidine groups is 1. The maximum absolute atomic E-state index is 6.23. The Kier molecular flexibility index (Phi) is 3.16. The molecule has 3 aliphatic rings. The molecule has 4 nitrogen and oxygen atoms in total. The number of nitrogens with zero attached hydrogens (tertiary/aromatic N) is 2. The summed E-state index contributed by atoms with van der Waals surface area (Å²) < 4.78 is 5.45. The van der Waals surface area contributed by atoms with Gasteiger partial charge in [-0.3, -0.25) is 0 Å². The lowest BCUT2D eigenvalue weighted by Crippen LogP contribution is -2.45. The SMILES string of the molecule is COc1ccc(C2(C34CCC(CC3)C4)CN(C)C(N)=N2)cc1C. The van der Waals surface area contributed by atoms with E-state index in [0.717, 1.165) is 18.2 Å². The Balaban J connectivity index is 1.86. The zero-order chi connectivity index (χ0) is 16.2. The minimum Gasteiger partial charge on any atom is -0.496 e. The van der Waals surface area contributed by atoms with Crippen LogP contribution >= 0.6 is 0 Å². The van der Waals surface area contributed by atoms with Crippen LogP contribution in [0, 0.1) is 18.3 Å². The predicted octanol–water partition coefficient (Wildman–Crippen LogP) is 3.04. The summed E-state index contributed by atoms with van der Waals surface area (Å²) in [4.78, 5) is 7.22. The Morgan fingerprint density at radius 1 is 1.30 bits per heavy atom. The van der Waals surface area contributed by atoms with Crippen molar-refractivity contribution in [1.82, 2.24) is 4.90 Å². The summed E-state index contributed by atoms with van der Waals surface area (Å²) >= 11 is 0. The van der Waals surface area contributed by atoms with E-state index in [2.05, 4.69) is 37.1 Å². The molecule has 2 aliphatic carbocycles. The largest absolute Gasteiger partial charge is 0.496 e. The fourth-order valence-electron chi connectivity index (χ4n) is 5.40. The van der Waals surface area contributed by atoms with Crippen molar-refractivity contribution in [3.05, 3.63) is 29.3 Å². The third kappa shape index (κ3) is 1.93. The lowest BCUT2D eigenvalue weighted by Gasteiger charge is -2.44. The van der Waals surface area contributed by atoms with Gasteiger partial charge >= 0.3 is 0 Å². The first-order valence-electron chi connectivity index (χ1n) is 8.71. The molecule has 1 atom stereocenters. The molecular formula is C19H27N3O. The number of aryl methyl sites for hydroxylation is 1. The minimum atomic E-state index is -0.186. The molecule has 1 aliphatic heterocycles. The highest BCUT2D eigenvalue weighted by molar-refractivity contribution is 5.81. The molecule has 2 saturated carbocycles. The van der Waals surface area contributed by atoms with E-state index in [4.69, 9.17) is 15.5 Å². The number of likely N-dealkylation sites (N-methyl/N-ethyl adjacent to an activating group) is 1. The summed E-state index contributed by atoms with van der Waals surface area (Å²) in [5, 5.41) is 0. The molecule has 1 aromatic rings. The van der Waals surface area contributed by atoms with E-state index < -0.39 is 0 Å². The second kappa shape index (κ2) is 4.89. The van der Waals surface area contributed by atoms with Gasteiger partial charge in [0.05, 0.1) is 13.7 Å². The number of hydrogen-bond donors (Lipinski definition) is 1. The Morgan fingerprint density at radius 3 is 2.52 bits per heavy atom. The molecule has 1 heterocycles. The molecule has 23 heavy (non-hydrogen) atoms. The number of aliphatic imine (C=N–C) groups is 1. The number of fused-ring (bicyclic) bond motifs is 2. The van der Waals surface area contributed by atoms with Gasteiger partial charge in [0.15, 0.2) is 5.96 Å². The summed E-state index contributed by atoms with van der Waals surface area (Å²) in [6.45, 7) is 3.02. The van der Waals surface area contributed by atoms with E-state index in [9.17, 15) is 0 Å². The number of ether oxygens (including phenoxy) is 1. The van der Waals surface area contributed by atoms with Gasteiger partial charge in [-0.25, -0.2) is 4.99 Å². The molecular weight excluding hydrogens is 286 g/mol. The Hall–Kier alpha value is -1.71. The van der Waals surface area contributed by atoms with Crippen LogP contribution in [0.15, 0.2) is 23.2 Å². The maximum Gasteiger partial charge on any atom is 0.192 e. The number of nitrogens with two attached hydrogens (primary N) is 1. The third-order valence-electron chi connectivity index (χ3n) is 6.65. The van der Waals surface area contributed by atoms with Crippen LogP contribution in [0.1, 0.15) is 43.2 Å². The summed E-state index contributed by atoms with van der Waals surface area (Å²) in [5.41, 5.74) is 8.82. The molecule has 2 bridgehead atoms. The molecule has 0 amide bonds. The highest BCUT2D eigenvalue weighted by Crippen LogP contribution is 2.64. The first kappa shape index (κ1) is 14.9. The summed E-state index contributed by atoms with van der Waals surface area (Å²) in [6, 6.07) is 6.58. The van der Waals surface area contributed by atoms with Gasteiger partial charge in [0, 0.05) is 12.5 Å². The lowest BCUT2D eigenvalue weighted by atomic mass is 9.64. The van der Waals surface area contributed by atoms with Gasteiger partial charge < -0.3 is 15.4 Å². The highest BCUT2D eigenvalue weighted by Gasteiger charge is 2.61. The maximum atomic E-state index is 6.23. The quantitative estimate of drug-likeness (QED) is 0.933. The van der Waals surface area contributed by atoms with E-state index in [-0.39, 0.29) is 11.0 Å². The summed E-state index contributed by atoms with van der Waals surface area (Å²) in [5.74, 6) is 2.53. The number of hydrogen-bond acceptors (Lipinski definition) is 4. The van der Waals surface area contributed by atoms with Crippen molar-refractivity contribution >= 4 is 5.96 Å². The fourth-order valence-corrected chi connectivity index (χ4v) is 5.40. The molecule has 1 aromatic carbocycles. The van der Waals surface area contributed by atoms with Crippen molar-refractivity contribution in [1.29, 1.82) is 0 Å². The van der Waals surface area contributed by atoms with E-state index in [1.54, 1.807) is 7.11 Å². The van der Waals surface area contributed by atoms with Crippen LogP contribution < -0.4 is 10.5 Å². The Bertz CT molecular complexity index is 661. The van der Waals surface area contributed by atoms with Gasteiger partial charge in [0.2, 0.25) is 0 Å². The monoisotopic (exact) mass is 313 g/mol. The Labute approximate surface area is 138 Å². The molecule has 0 radical (unpaired) electrons. The first-order valence-corrected chi connectivity index (χ1v) is 8.71. The van der Waals surface area contributed by atoms with E-state index in [1.807, 2.05) is 0 Å². The van der Waals surface area contributed by atoms with Crippen LogP contribution in [0.4, 0.5) is 0 Å². The zero-order valence-electron chi connectivity index (χ0n) is 14.4. The van der Waals surface area contributed by atoms with Crippen molar-refractivity contribution in [2.45, 2.75) is 44.6 Å². The molecule has 1 unspecified atom stereocenters. The van der Waals surface area contributed by atoms with Crippen LogP contribution in [0.25, 0.3) is 0 Å². The Morgan fingerprint density at radius 2 is 2.04 bits per heavy atom. The average molecular weight is 313 g/mol. The molecule has 0 saturated heterocycles. The fraction of sp³-hybridized carbons (Fsp3) is 0.632. The number of benzene rings is 1. The van der Waals surface area contributed by atoms with Crippen molar-refractivity contribution in [3.63, 3.8) is 0 Å². The van der Waals surface area contributed by atoms with Gasteiger partial charge in [-0.2, -0.15) is 0 Å². The van der Waals surface area contributed by atoms with Crippen molar-refractivity contribution in [3.8, 4) is 5.75 Å². The highest BCUT2D eigenvalue weighted by atomic mass is 16.5. The van der Waals surface area contributed by atoms with Gasteiger partial charge in [-0.15, -0.1) is 0 Å². The molecule has 124 valence electrons. The van der Waals surface area contributed by atoms with E-state index in [1.165, 1.54) is 43.2 Å². The topological polar surface area (TPSA) is 50.9 Å². The first-order chi connectivity index (χ1) is 11.0. The van der Waals surface area contributed by atoms with Gasteiger partial charge in [-0.05, 0) is 68.2 Å². The molecule has 2 N–H and O–H groups in total. The van der Waals surface area contributed by atoms with Crippen LogP contribution in [0.5, 0.6) is 5.75 Å². The van der Waals surface area contributed by atoms with Gasteiger partial charge in [0.25, 0.3) is 0 Å². The van der Waals surface area contributed by atoms with Crippen molar-refractivity contribution in [2.24, 2.45) is 22.1 Å². The van der Waals surface area contributed by atoms with E-state index >= 15 is 0 Å². The van der Waals surface area contributed by atoms with Gasteiger partial charge in [-0.1, -0.05) is 6.07 Å². The standard InChI is InChI=1S/C19H27N3O/c1-13-10-15(4-5-16(13)23-3)19(12-22(2)17(20)21-19)18-8-6-14(11-18)7-9-18/h4-5,10,14H,6-9,11-12H2,1-3H3,(H2,20,21). The normalized spacial score (nSPS) is 35.7. The zero-order valence-corrected chi connectivity index (χ0v) is 14.4. The van der Waals surface area contributed by atoms with Gasteiger partial charge in [0.1, 0.15) is 11.3 Å². The second-order valence-corrected chi connectivity index (χ2v) is 7.80. The number of methoxy groups -OCH3 is 1. The number of rotatable bonds is 3. The molecule has 4 rings (SSSR count). The van der Waals surface area contributed by atoms with Crippen molar-refractivity contribution in [2.75, 3.05) is 20.7 Å². The predicted molar refractivity (Wildman–Crippen MR) is 92.7 cm³/mol. The molecule has 2 fully saturated rings. The molecule has 4 heteroatoms. The van der Waals surface area contributed by atoms with Crippen LogP contribution in [-0.4, -0.2) is 31.6 Å². The van der Waals surface area contributed by atoms with Crippen LogP contribution in [-0.2, 0) is 5.54 Å². The van der Waals surface area contributed by atoms with Crippen LogP contribution in [0.3, 0.4) is 0 Å². The molecule has 0 aromatic heterocycles. The average Bonchev–Trinajstić information content (AvgIpc) is 3.23. The van der Waals surface area contributed by atoms with Crippen LogP contribution in [0.2, 0.25) is 0 Å². The van der Waals surface area contributed by atoms with E-state index in [0.29, 0.717) is 5.96 Å². The smallest absolute Gasteiger partial charge is 0.192 e. The lowest BCUT2D eigenvalue weighted by molar-refractivity contribution is 0.123. The molecule has 0 spiro atoms. The van der Waals surface area contributed by atoms with Crippen molar-refractivity contribution < 1.29 is 4.74 Å². The summed E-state index contributed by atoms with van der Waals surface area (Å²) in [6.07, 6.45) is 6.59. The minimum absolute atomic E-state index is 0.186.